The van der Waals surface area contributed by atoms with Crippen LogP contribution in [0.3, 0.4) is 0 Å². The lowest BCUT2D eigenvalue weighted by atomic mass is 9.94. The van der Waals surface area contributed by atoms with Crippen LogP contribution in [0.5, 0.6) is 0 Å². The molecule has 3 rings (SSSR count). The molecule has 0 saturated carbocycles. The Morgan fingerprint density at radius 1 is 1.09 bits per heavy atom. The van der Waals surface area contributed by atoms with E-state index in [9.17, 15) is 9.59 Å². The summed E-state index contributed by atoms with van der Waals surface area (Å²) in [4.78, 5) is 29.9. The Morgan fingerprint density at radius 3 is 2.59 bits per heavy atom. The number of benzene rings is 2. The summed E-state index contributed by atoms with van der Waals surface area (Å²) in [5, 5.41) is 4.29. The van der Waals surface area contributed by atoms with Crippen LogP contribution in [0, 0.1) is 0 Å². The molecule has 0 aliphatic rings. The number of anilines is 1. The summed E-state index contributed by atoms with van der Waals surface area (Å²) in [5.74, 6) is -0.721. The number of allylic oxidation sites excluding steroid dienone is 3. The van der Waals surface area contributed by atoms with Crippen molar-refractivity contribution in [3.05, 3.63) is 90.2 Å². The van der Waals surface area contributed by atoms with E-state index in [0.717, 1.165) is 23.2 Å². The Balaban J connectivity index is 1.66. The number of hydrogen-bond donors (Lipinski definition) is 2. The maximum atomic E-state index is 13.2. The second-order valence-corrected chi connectivity index (χ2v) is 8.21. The molecule has 1 amide bonds. The maximum absolute atomic E-state index is 13.2. The molecule has 0 radical (unpaired) electrons. The molecule has 2 N–H and O–H groups in total. The van der Waals surface area contributed by atoms with Gasteiger partial charge >= 0.3 is 5.97 Å². The zero-order valence-electron chi connectivity index (χ0n) is 20.1. The minimum atomic E-state index is -0.377. The fraction of sp³-hybridized carbons (Fsp3) is 0.286. The van der Waals surface area contributed by atoms with Crippen molar-refractivity contribution >= 4 is 28.5 Å². The number of nitrogens with one attached hydrogen (secondary N) is 2. The minimum Gasteiger partial charge on any atom is -0.463 e. The van der Waals surface area contributed by atoms with Gasteiger partial charge in [0.05, 0.1) is 12.5 Å². The third-order valence-corrected chi connectivity index (χ3v) is 5.63. The molecule has 0 spiro atoms. The van der Waals surface area contributed by atoms with Gasteiger partial charge in [-0.05, 0) is 49.1 Å². The van der Waals surface area contributed by atoms with E-state index in [1.807, 2.05) is 73.7 Å². The summed E-state index contributed by atoms with van der Waals surface area (Å²) in [6.07, 6.45) is 9.97. The zero-order valence-corrected chi connectivity index (χ0v) is 20.1. The minimum absolute atomic E-state index is 0.0172. The molecule has 1 atom stereocenters. The Morgan fingerprint density at radius 2 is 1.85 bits per heavy atom. The van der Waals surface area contributed by atoms with E-state index in [4.69, 9.17) is 4.74 Å². The largest absolute Gasteiger partial charge is 0.463 e. The van der Waals surface area contributed by atoms with Crippen LogP contribution in [-0.4, -0.2) is 44.1 Å². The highest BCUT2D eigenvalue weighted by molar-refractivity contribution is 5.85. The molecule has 1 heterocycles. The van der Waals surface area contributed by atoms with Gasteiger partial charge in [0.1, 0.15) is 0 Å². The quantitative estimate of drug-likeness (QED) is 0.247. The number of para-hydroxylation sites is 1. The molecule has 0 saturated heterocycles. The molecule has 6 nitrogen and oxygen atoms in total. The average Bonchev–Trinajstić information content (AvgIpc) is 3.24. The van der Waals surface area contributed by atoms with Gasteiger partial charge in [-0.25, -0.2) is 4.79 Å². The molecule has 34 heavy (non-hydrogen) atoms. The molecular weight excluding hydrogens is 426 g/mol. The van der Waals surface area contributed by atoms with Gasteiger partial charge in [-0.15, -0.1) is 0 Å². The Hall–Kier alpha value is -3.80. The van der Waals surface area contributed by atoms with Crippen LogP contribution < -0.4 is 10.2 Å². The van der Waals surface area contributed by atoms with Crippen LogP contribution in [0.1, 0.15) is 30.4 Å². The van der Waals surface area contributed by atoms with E-state index in [1.165, 1.54) is 17.0 Å². The first-order valence-electron chi connectivity index (χ1n) is 11.6. The highest BCUT2D eigenvalue weighted by Crippen LogP contribution is 2.24. The summed E-state index contributed by atoms with van der Waals surface area (Å²) in [7, 11) is 3.98. The fourth-order valence-electron chi connectivity index (χ4n) is 3.80. The number of nitrogens with zero attached hydrogens (tertiary/aromatic N) is 1. The summed E-state index contributed by atoms with van der Waals surface area (Å²) in [6, 6.07) is 16.2. The Labute approximate surface area is 201 Å². The normalized spacial score (nSPS) is 12.3. The second kappa shape index (κ2) is 12.4. The van der Waals surface area contributed by atoms with Crippen LogP contribution >= 0.6 is 0 Å². The highest BCUT2D eigenvalue weighted by atomic mass is 16.5. The number of carbonyl (C=O) groups is 2. The monoisotopic (exact) mass is 459 g/mol. The second-order valence-electron chi connectivity index (χ2n) is 8.21. The van der Waals surface area contributed by atoms with Gasteiger partial charge in [-0.3, -0.25) is 4.79 Å². The van der Waals surface area contributed by atoms with E-state index < -0.39 is 0 Å². The van der Waals surface area contributed by atoms with Crippen molar-refractivity contribution in [2.75, 3.05) is 32.1 Å². The van der Waals surface area contributed by atoms with Gasteiger partial charge in [0.15, 0.2) is 0 Å². The van der Waals surface area contributed by atoms with Crippen molar-refractivity contribution in [3.8, 4) is 0 Å². The summed E-state index contributed by atoms with van der Waals surface area (Å²) in [5.41, 5.74) is 4.32. The molecule has 6 heteroatoms. The molecule has 0 aliphatic carbocycles. The summed E-state index contributed by atoms with van der Waals surface area (Å²) >= 11 is 0. The number of ether oxygens (including phenoxy) is 1. The lowest BCUT2D eigenvalue weighted by molar-refractivity contribution is -0.137. The number of H-pyrrole nitrogens is 1. The van der Waals surface area contributed by atoms with Crippen LogP contribution in [0.2, 0.25) is 0 Å². The number of hydrogen-bond acceptors (Lipinski definition) is 4. The van der Waals surface area contributed by atoms with Gasteiger partial charge in [0.25, 0.3) is 0 Å². The number of carbonyl (C=O) groups excluding carboxylic acids is 2. The third kappa shape index (κ3) is 6.85. The molecule has 178 valence electrons. The molecule has 3 aromatic rings. The predicted molar refractivity (Wildman–Crippen MR) is 138 cm³/mol. The molecule has 0 fully saturated rings. The molecule has 1 aromatic heterocycles. The van der Waals surface area contributed by atoms with Gasteiger partial charge in [-0.1, -0.05) is 48.6 Å². The highest BCUT2D eigenvalue weighted by Gasteiger charge is 2.19. The zero-order chi connectivity index (χ0) is 24.3. The smallest absolute Gasteiger partial charge is 0.330 e. The molecule has 0 bridgehead atoms. The first-order valence-corrected chi connectivity index (χ1v) is 11.6. The third-order valence-electron chi connectivity index (χ3n) is 5.63. The van der Waals surface area contributed by atoms with E-state index in [2.05, 4.69) is 16.4 Å². The molecular formula is C28H33N3O3. The lowest BCUT2D eigenvalue weighted by Crippen LogP contribution is -2.31. The van der Waals surface area contributed by atoms with Crippen LogP contribution in [0.4, 0.5) is 5.69 Å². The van der Waals surface area contributed by atoms with Crippen molar-refractivity contribution in [3.63, 3.8) is 0 Å². The Kier molecular flexibility index (Phi) is 9.09. The van der Waals surface area contributed by atoms with Gasteiger partial charge in [0.2, 0.25) is 5.91 Å². The van der Waals surface area contributed by atoms with Crippen molar-refractivity contribution in [2.24, 2.45) is 0 Å². The number of amides is 1. The number of aromatic nitrogens is 1. The van der Waals surface area contributed by atoms with Crippen LogP contribution in [0.15, 0.2) is 79.0 Å². The fourth-order valence-corrected chi connectivity index (χ4v) is 3.80. The number of rotatable bonds is 11. The molecule has 2 aromatic carbocycles. The number of aromatic amines is 1. The maximum Gasteiger partial charge on any atom is 0.330 e. The summed E-state index contributed by atoms with van der Waals surface area (Å²) < 4.78 is 4.88. The lowest BCUT2D eigenvalue weighted by Gasteiger charge is -2.18. The average molecular weight is 460 g/mol. The van der Waals surface area contributed by atoms with E-state index in [1.54, 1.807) is 19.1 Å². The first kappa shape index (κ1) is 24.8. The van der Waals surface area contributed by atoms with E-state index in [-0.39, 0.29) is 17.8 Å². The van der Waals surface area contributed by atoms with Crippen molar-refractivity contribution < 1.29 is 14.3 Å². The van der Waals surface area contributed by atoms with Crippen LogP contribution in [-0.2, 0) is 20.7 Å². The Bertz CT molecular complexity index is 1140. The number of esters is 1. The van der Waals surface area contributed by atoms with Crippen molar-refractivity contribution in [1.29, 1.82) is 0 Å². The molecule has 0 aliphatic heterocycles. The van der Waals surface area contributed by atoms with Crippen molar-refractivity contribution in [1.82, 2.24) is 10.3 Å². The molecule has 0 unspecified atom stereocenters. The van der Waals surface area contributed by atoms with Gasteiger partial charge < -0.3 is 19.9 Å². The van der Waals surface area contributed by atoms with E-state index >= 15 is 0 Å². The predicted octanol–water partition coefficient (Wildman–Crippen LogP) is 4.74. The van der Waals surface area contributed by atoms with Crippen LogP contribution in [0.25, 0.3) is 10.9 Å². The van der Waals surface area contributed by atoms with Gasteiger partial charge in [0, 0.05) is 49.5 Å². The van der Waals surface area contributed by atoms with E-state index in [0.29, 0.717) is 19.6 Å². The SMILES string of the molecule is CCOC(=O)C=CC=CC[C@H](C(=O)NCCc1c[nH]c2ccccc12)c1ccc(N(C)C)cc1. The first-order chi connectivity index (χ1) is 16.5. The van der Waals surface area contributed by atoms with Gasteiger partial charge in [-0.2, -0.15) is 0 Å². The topological polar surface area (TPSA) is 74.4 Å². The summed E-state index contributed by atoms with van der Waals surface area (Å²) in [6.45, 7) is 2.67. The standard InChI is InChI=1S/C28H33N3O3/c1-4-34-27(32)13-7-5-6-11-25(21-14-16-23(17-15-21)31(2)3)28(33)29-19-18-22-20-30-26-12-9-8-10-24(22)26/h5-10,12-17,20,25,30H,4,11,18-19H2,1-3H3,(H,29,33)/t25-/m0/s1. The van der Waals surface area contributed by atoms with Crippen molar-refractivity contribution in [2.45, 2.75) is 25.7 Å². The number of fused-ring (bicyclic) bond motifs is 1.